The normalized spacial score (nSPS) is 11.5. The van der Waals surface area contributed by atoms with Gasteiger partial charge in [-0.1, -0.05) is 0 Å². The summed E-state index contributed by atoms with van der Waals surface area (Å²) in [5.74, 6) is -4.17. The fourth-order valence-corrected chi connectivity index (χ4v) is 1.15. The third kappa shape index (κ3) is 3.66. The van der Waals surface area contributed by atoms with Gasteiger partial charge in [-0.15, -0.1) is 13.2 Å². The minimum absolute atomic E-state index is 0.288. The van der Waals surface area contributed by atoms with E-state index in [-0.39, 0.29) is 6.07 Å². The molecule has 0 aromatic carbocycles. The predicted molar refractivity (Wildman–Crippen MR) is 49.4 cm³/mol. The highest BCUT2D eigenvalue weighted by Crippen LogP contribution is 2.36. The first kappa shape index (κ1) is 14.9. The third-order valence-electron chi connectivity index (χ3n) is 1.83. The van der Waals surface area contributed by atoms with Gasteiger partial charge in [0.15, 0.2) is 0 Å². The smallest absolute Gasteiger partial charge is 0.478 e. The maximum absolute atomic E-state index is 12.4. The van der Waals surface area contributed by atoms with Crippen molar-refractivity contribution in [3.8, 4) is 11.6 Å². The van der Waals surface area contributed by atoms with Crippen LogP contribution in [-0.4, -0.2) is 29.5 Å². The van der Waals surface area contributed by atoms with Gasteiger partial charge in [0.1, 0.15) is 11.3 Å². The van der Waals surface area contributed by atoms with Crippen LogP contribution in [0.4, 0.5) is 22.0 Å². The summed E-state index contributed by atoms with van der Waals surface area (Å²) in [5.41, 5.74) is -2.16. The lowest BCUT2D eigenvalue weighted by atomic mass is 10.2. The average Bonchev–Trinajstić information content (AvgIpc) is 2.26. The Morgan fingerprint density at radius 3 is 2.37 bits per heavy atom. The highest BCUT2D eigenvalue weighted by Gasteiger charge is 2.36. The lowest BCUT2D eigenvalue weighted by molar-refractivity contribution is -0.275. The molecule has 0 aliphatic carbocycles. The van der Waals surface area contributed by atoms with Crippen LogP contribution in [0.1, 0.15) is 22.5 Å². The van der Waals surface area contributed by atoms with Crippen LogP contribution in [0.2, 0.25) is 0 Å². The Morgan fingerprint density at radius 2 is 2.00 bits per heavy atom. The van der Waals surface area contributed by atoms with Gasteiger partial charge in [-0.2, -0.15) is 0 Å². The van der Waals surface area contributed by atoms with E-state index in [0.717, 1.165) is 7.11 Å². The second-order valence-corrected chi connectivity index (χ2v) is 3.09. The van der Waals surface area contributed by atoms with Gasteiger partial charge >= 0.3 is 12.3 Å². The van der Waals surface area contributed by atoms with Crippen LogP contribution in [0.25, 0.3) is 0 Å². The van der Waals surface area contributed by atoms with Gasteiger partial charge in [0.25, 0.3) is 12.3 Å². The Morgan fingerprint density at radius 1 is 1.42 bits per heavy atom. The summed E-state index contributed by atoms with van der Waals surface area (Å²) in [6.07, 6.45) is -8.39. The van der Waals surface area contributed by atoms with Crippen molar-refractivity contribution in [3.05, 3.63) is 17.3 Å². The monoisotopic (exact) mass is 287 g/mol. The zero-order valence-electron chi connectivity index (χ0n) is 9.16. The van der Waals surface area contributed by atoms with E-state index in [2.05, 4.69) is 14.5 Å². The largest absolute Gasteiger partial charge is 0.573 e. The first-order chi connectivity index (χ1) is 8.65. The van der Waals surface area contributed by atoms with Crippen molar-refractivity contribution in [3.63, 3.8) is 0 Å². The maximum atomic E-state index is 12.4. The highest BCUT2D eigenvalue weighted by molar-refractivity contribution is 5.91. The quantitative estimate of drug-likeness (QED) is 0.862. The molecule has 1 heterocycles. The van der Waals surface area contributed by atoms with Crippen LogP contribution in [0.3, 0.4) is 0 Å². The first-order valence-corrected chi connectivity index (χ1v) is 4.51. The molecular formula is C9H6F5NO4. The molecule has 0 unspecified atom stereocenters. The number of rotatable bonds is 4. The Bertz CT molecular complexity index is 488. The number of ether oxygens (including phenoxy) is 2. The Hall–Kier alpha value is -2.13. The molecule has 0 aliphatic rings. The molecular weight excluding hydrogens is 281 g/mol. The molecule has 1 N–H and O–H groups in total. The number of alkyl halides is 5. The summed E-state index contributed by atoms with van der Waals surface area (Å²) < 4.78 is 69.0. The molecule has 10 heteroatoms. The summed E-state index contributed by atoms with van der Waals surface area (Å²) in [6, 6.07) is 0.288. The van der Waals surface area contributed by atoms with Crippen molar-refractivity contribution in [2.75, 3.05) is 7.11 Å². The first-order valence-electron chi connectivity index (χ1n) is 4.51. The van der Waals surface area contributed by atoms with Crippen molar-refractivity contribution < 1.29 is 41.3 Å². The molecule has 1 aromatic heterocycles. The summed E-state index contributed by atoms with van der Waals surface area (Å²) in [7, 11) is 0.840. The van der Waals surface area contributed by atoms with E-state index in [1.165, 1.54) is 0 Å². The van der Waals surface area contributed by atoms with Crippen molar-refractivity contribution in [2.45, 2.75) is 12.8 Å². The van der Waals surface area contributed by atoms with E-state index in [1.807, 2.05) is 0 Å². The molecule has 1 rings (SSSR count). The molecule has 106 valence electrons. The van der Waals surface area contributed by atoms with E-state index in [0.29, 0.717) is 0 Å². The number of hydrogen-bond acceptors (Lipinski definition) is 4. The third-order valence-corrected chi connectivity index (χ3v) is 1.83. The van der Waals surface area contributed by atoms with Crippen molar-refractivity contribution in [1.29, 1.82) is 0 Å². The number of carboxylic acids is 1. The SMILES string of the molecule is COc1nc(C(F)F)cc(C(=O)O)c1OC(F)(F)F. The fourth-order valence-electron chi connectivity index (χ4n) is 1.15. The number of aromatic carboxylic acids is 1. The number of aromatic nitrogens is 1. The summed E-state index contributed by atoms with van der Waals surface area (Å²) in [5, 5.41) is 8.71. The standard InChI is InChI=1S/C9H6F5NO4/c1-18-7-5(19-9(12,13)14)3(8(16)17)2-4(15-7)6(10)11/h2,6H,1H3,(H,16,17). The zero-order valence-corrected chi connectivity index (χ0v) is 9.16. The zero-order chi connectivity index (χ0) is 14.8. The van der Waals surface area contributed by atoms with E-state index in [1.54, 1.807) is 0 Å². The number of hydrogen-bond donors (Lipinski definition) is 1. The van der Waals surface area contributed by atoms with Crippen LogP contribution in [0.5, 0.6) is 11.6 Å². The Kier molecular flexibility index (Phi) is 4.12. The Labute approximate surface area is 102 Å². The number of methoxy groups -OCH3 is 1. The molecule has 0 spiro atoms. The lowest BCUT2D eigenvalue weighted by Gasteiger charge is -2.15. The molecule has 0 saturated carbocycles. The summed E-state index contributed by atoms with van der Waals surface area (Å²) >= 11 is 0. The summed E-state index contributed by atoms with van der Waals surface area (Å²) in [4.78, 5) is 13.8. The number of halogens is 5. The number of carboxylic acid groups (broad SMARTS) is 1. The van der Waals surface area contributed by atoms with Gasteiger partial charge in [-0.25, -0.2) is 18.6 Å². The fraction of sp³-hybridized carbons (Fsp3) is 0.333. The van der Waals surface area contributed by atoms with Crippen LogP contribution in [0.15, 0.2) is 6.07 Å². The molecule has 1 aromatic rings. The molecule has 19 heavy (non-hydrogen) atoms. The number of pyridine rings is 1. The van der Waals surface area contributed by atoms with E-state index in [9.17, 15) is 26.7 Å². The topological polar surface area (TPSA) is 68.7 Å². The lowest BCUT2D eigenvalue weighted by Crippen LogP contribution is -2.20. The van der Waals surface area contributed by atoms with Gasteiger partial charge in [0.2, 0.25) is 5.75 Å². The predicted octanol–water partition coefficient (Wildman–Crippen LogP) is 2.62. The molecule has 0 amide bonds. The van der Waals surface area contributed by atoms with Crippen LogP contribution in [0, 0.1) is 0 Å². The van der Waals surface area contributed by atoms with Crippen LogP contribution in [-0.2, 0) is 0 Å². The second kappa shape index (κ2) is 5.24. The van der Waals surface area contributed by atoms with E-state index < -0.39 is 41.6 Å². The van der Waals surface area contributed by atoms with Crippen molar-refractivity contribution >= 4 is 5.97 Å². The van der Waals surface area contributed by atoms with Crippen LogP contribution < -0.4 is 9.47 Å². The molecule has 0 atom stereocenters. The second-order valence-electron chi connectivity index (χ2n) is 3.09. The Balaban J connectivity index is 3.45. The van der Waals surface area contributed by atoms with Gasteiger partial charge in [-0.3, -0.25) is 0 Å². The van der Waals surface area contributed by atoms with Crippen LogP contribution >= 0.6 is 0 Å². The van der Waals surface area contributed by atoms with Gasteiger partial charge in [0, 0.05) is 0 Å². The summed E-state index contributed by atoms with van der Waals surface area (Å²) in [6.45, 7) is 0. The van der Waals surface area contributed by atoms with Crippen molar-refractivity contribution in [2.24, 2.45) is 0 Å². The number of carbonyl (C=O) groups is 1. The van der Waals surface area contributed by atoms with Gasteiger partial charge in [-0.05, 0) is 6.07 Å². The average molecular weight is 287 g/mol. The van der Waals surface area contributed by atoms with E-state index in [4.69, 9.17) is 5.11 Å². The molecule has 0 bridgehead atoms. The van der Waals surface area contributed by atoms with Crippen molar-refractivity contribution in [1.82, 2.24) is 4.98 Å². The molecule has 0 fully saturated rings. The van der Waals surface area contributed by atoms with Gasteiger partial charge in [0.05, 0.1) is 7.11 Å². The minimum atomic E-state index is -5.22. The van der Waals surface area contributed by atoms with E-state index >= 15 is 0 Å². The molecule has 0 aliphatic heterocycles. The maximum Gasteiger partial charge on any atom is 0.573 e. The highest BCUT2D eigenvalue weighted by atomic mass is 19.4. The molecule has 5 nitrogen and oxygen atoms in total. The molecule has 0 radical (unpaired) electrons. The molecule has 0 saturated heterocycles. The number of nitrogens with zero attached hydrogens (tertiary/aromatic N) is 1. The van der Waals surface area contributed by atoms with Gasteiger partial charge < -0.3 is 14.6 Å². The minimum Gasteiger partial charge on any atom is -0.478 e.